The van der Waals surface area contributed by atoms with E-state index in [9.17, 15) is 13.2 Å². The highest BCUT2D eigenvalue weighted by Gasteiger charge is 2.22. The fourth-order valence-electron chi connectivity index (χ4n) is 2.84. The lowest BCUT2D eigenvalue weighted by Crippen LogP contribution is -2.41. The molecule has 2 aromatic carbocycles. The molecule has 152 valence electrons. The van der Waals surface area contributed by atoms with Crippen molar-refractivity contribution >= 4 is 21.6 Å². The Balaban J connectivity index is 2.13. The maximum absolute atomic E-state index is 12.5. The van der Waals surface area contributed by atoms with Crippen LogP contribution in [0.5, 0.6) is 5.75 Å². The summed E-state index contributed by atoms with van der Waals surface area (Å²) in [7, 11) is -3.64. The van der Waals surface area contributed by atoms with Gasteiger partial charge in [-0.15, -0.1) is 0 Å². The summed E-state index contributed by atoms with van der Waals surface area (Å²) in [6, 6.07) is 14.5. The third kappa shape index (κ3) is 5.99. The van der Waals surface area contributed by atoms with Crippen molar-refractivity contribution in [3.05, 3.63) is 59.7 Å². The van der Waals surface area contributed by atoms with Gasteiger partial charge in [0, 0.05) is 6.07 Å². The Bertz CT molecular complexity index is 895. The standard InChI is InChI=1S/C21H28N2O4S/c1-5-17-10-12-18(13-11-17)16(3)22-21(24)15-23(28(4,25)26)19-8-7-9-20(14-19)27-6-2/h7-14,16H,5-6,15H2,1-4H3,(H,22,24)/t16-/m0/s1. The molecule has 0 spiro atoms. The lowest BCUT2D eigenvalue weighted by Gasteiger charge is -2.23. The Kier molecular flexibility index (Phi) is 7.45. The zero-order chi connectivity index (χ0) is 20.7. The number of nitrogens with one attached hydrogen (secondary N) is 1. The number of sulfonamides is 1. The lowest BCUT2D eigenvalue weighted by molar-refractivity contribution is -0.120. The number of aryl methyl sites for hydroxylation is 1. The predicted molar refractivity (Wildman–Crippen MR) is 112 cm³/mol. The van der Waals surface area contributed by atoms with Gasteiger partial charge in [-0.25, -0.2) is 8.42 Å². The van der Waals surface area contributed by atoms with Gasteiger partial charge in [0.2, 0.25) is 15.9 Å². The molecular weight excluding hydrogens is 376 g/mol. The highest BCUT2D eigenvalue weighted by Crippen LogP contribution is 2.23. The van der Waals surface area contributed by atoms with Crippen molar-refractivity contribution in [1.29, 1.82) is 0 Å². The first-order valence-electron chi connectivity index (χ1n) is 9.33. The average Bonchev–Trinajstić information content (AvgIpc) is 2.65. The highest BCUT2D eigenvalue weighted by atomic mass is 32.2. The molecule has 0 aliphatic heterocycles. The molecule has 7 heteroatoms. The van der Waals surface area contributed by atoms with Gasteiger partial charge < -0.3 is 10.1 Å². The van der Waals surface area contributed by atoms with E-state index in [1.54, 1.807) is 24.3 Å². The number of ether oxygens (including phenoxy) is 1. The zero-order valence-electron chi connectivity index (χ0n) is 16.8. The SMILES string of the molecule is CCOc1cccc(N(CC(=O)N[C@@H](C)c2ccc(CC)cc2)S(C)(=O)=O)c1. The Morgan fingerprint density at radius 1 is 1.14 bits per heavy atom. The van der Waals surface area contributed by atoms with E-state index in [4.69, 9.17) is 4.74 Å². The molecular formula is C21H28N2O4S. The van der Waals surface area contributed by atoms with Crippen LogP contribution in [0.15, 0.2) is 48.5 Å². The number of rotatable bonds is 9. The number of amides is 1. The Hall–Kier alpha value is -2.54. The van der Waals surface area contributed by atoms with E-state index in [0.717, 1.165) is 22.5 Å². The Labute approximate surface area is 167 Å². The minimum atomic E-state index is -3.64. The van der Waals surface area contributed by atoms with E-state index in [-0.39, 0.29) is 18.5 Å². The maximum Gasteiger partial charge on any atom is 0.241 e. The summed E-state index contributed by atoms with van der Waals surface area (Å²) in [5.74, 6) is 0.178. The van der Waals surface area contributed by atoms with E-state index in [1.807, 2.05) is 38.1 Å². The van der Waals surface area contributed by atoms with Crippen molar-refractivity contribution in [3.63, 3.8) is 0 Å². The number of nitrogens with zero attached hydrogens (tertiary/aromatic N) is 1. The molecule has 0 saturated carbocycles. The highest BCUT2D eigenvalue weighted by molar-refractivity contribution is 7.92. The summed E-state index contributed by atoms with van der Waals surface area (Å²) >= 11 is 0. The van der Waals surface area contributed by atoms with Gasteiger partial charge in [-0.2, -0.15) is 0 Å². The monoisotopic (exact) mass is 404 g/mol. The van der Waals surface area contributed by atoms with Crippen LogP contribution in [0.4, 0.5) is 5.69 Å². The molecule has 0 aliphatic rings. The molecule has 2 rings (SSSR count). The van der Waals surface area contributed by atoms with E-state index >= 15 is 0 Å². The van der Waals surface area contributed by atoms with Crippen LogP contribution in [0.1, 0.15) is 37.9 Å². The van der Waals surface area contributed by atoms with E-state index in [2.05, 4.69) is 12.2 Å². The summed E-state index contributed by atoms with van der Waals surface area (Å²) in [5, 5.41) is 2.87. The topological polar surface area (TPSA) is 75.7 Å². The van der Waals surface area contributed by atoms with Crippen molar-refractivity contribution in [2.75, 3.05) is 23.7 Å². The van der Waals surface area contributed by atoms with Crippen LogP contribution in [-0.2, 0) is 21.2 Å². The van der Waals surface area contributed by atoms with E-state index in [1.165, 1.54) is 5.56 Å². The normalized spacial score (nSPS) is 12.3. The van der Waals surface area contributed by atoms with Crippen molar-refractivity contribution in [2.45, 2.75) is 33.2 Å². The zero-order valence-corrected chi connectivity index (χ0v) is 17.6. The minimum absolute atomic E-state index is 0.227. The summed E-state index contributed by atoms with van der Waals surface area (Å²) in [6.07, 6.45) is 2.03. The fourth-order valence-corrected chi connectivity index (χ4v) is 3.69. The predicted octanol–water partition coefficient (Wildman–Crippen LogP) is 3.29. The number of carbonyl (C=O) groups excluding carboxylic acids is 1. The summed E-state index contributed by atoms with van der Waals surface area (Å²) in [4.78, 5) is 12.5. The van der Waals surface area contributed by atoms with Gasteiger partial charge in [0.15, 0.2) is 0 Å². The summed E-state index contributed by atoms with van der Waals surface area (Å²) < 4.78 is 31.1. The van der Waals surface area contributed by atoms with Gasteiger partial charge in [0.05, 0.1) is 24.6 Å². The molecule has 0 heterocycles. The van der Waals surface area contributed by atoms with Crippen molar-refractivity contribution in [2.24, 2.45) is 0 Å². The van der Waals surface area contributed by atoms with Gasteiger partial charge in [0.1, 0.15) is 12.3 Å². The molecule has 6 nitrogen and oxygen atoms in total. The first-order chi connectivity index (χ1) is 13.2. The second kappa shape index (κ2) is 9.59. The van der Waals surface area contributed by atoms with Crippen molar-refractivity contribution in [3.8, 4) is 5.75 Å². The smallest absolute Gasteiger partial charge is 0.241 e. The van der Waals surface area contributed by atoms with Crippen molar-refractivity contribution in [1.82, 2.24) is 5.32 Å². The van der Waals surface area contributed by atoms with Gasteiger partial charge in [-0.3, -0.25) is 9.10 Å². The molecule has 0 aliphatic carbocycles. The first-order valence-corrected chi connectivity index (χ1v) is 11.2. The third-order valence-electron chi connectivity index (χ3n) is 4.37. The summed E-state index contributed by atoms with van der Waals surface area (Å²) in [6.45, 7) is 5.98. The fraction of sp³-hybridized carbons (Fsp3) is 0.381. The Morgan fingerprint density at radius 3 is 2.39 bits per heavy atom. The minimum Gasteiger partial charge on any atom is -0.494 e. The molecule has 0 bridgehead atoms. The molecule has 0 fully saturated rings. The molecule has 0 radical (unpaired) electrons. The number of benzene rings is 2. The lowest BCUT2D eigenvalue weighted by atomic mass is 10.1. The number of hydrogen-bond acceptors (Lipinski definition) is 4. The molecule has 0 aromatic heterocycles. The van der Waals surface area contributed by atoms with Crippen LogP contribution >= 0.6 is 0 Å². The first kappa shape index (κ1) is 21.8. The van der Waals surface area contributed by atoms with Gasteiger partial charge >= 0.3 is 0 Å². The molecule has 28 heavy (non-hydrogen) atoms. The van der Waals surface area contributed by atoms with Crippen LogP contribution in [0.3, 0.4) is 0 Å². The average molecular weight is 405 g/mol. The Morgan fingerprint density at radius 2 is 1.82 bits per heavy atom. The van der Waals surface area contributed by atoms with E-state index in [0.29, 0.717) is 18.0 Å². The second-order valence-corrected chi connectivity index (χ2v) is 8.49. The van der Waals surface area contributed by atoms with Crippen LogP contribution in [-0.4, -0.2) is 33.7 Å². The van der Waals surface area contributed by atoms with Gasteiger partial charge in [-0.1, -0.05) is 37.3 Å². The molecule has 2 aromatic rings. The van der Waals surface area contributed by atoms with Gasteiger partial charge in [-0.05, 0) is 43.5 Å². The quantitative estimate of drug-likeness (QED) is 0.696. The molecule has 0 saturated heterocycles. The second-order valence-electron chi connectivity index (χ2n) is 6.58. The van der Waals surface area contributed by atoms with Crippen LogP contribution in [0.25, 0.3) is 0 Å². The van der Waals surface area contributed by atoms with E-state index < -0.39 is 10.0 Å². The van der Waals surface area contributed by atoms with Gasteiger partial charge in [0.25, 0.3) is 0 Å². The molecule has 1 amide bonds. The van der Waals surface area contributed by atoms with Crippen molar-refractivity contribution < 1.29 is 17.9 Å². The van der Waals surface area contributed by atoms with Crippen LogP contribution < -0.4 is 14.4 Å². The number of hydrogen-bond donors (Lipinski definition) is 1. The maximum atomic E-state index is 12.5. The summed E-state index contributed by atoms with van der Waals surface area (Å²) in [5.41, 5.74) is 2.58. The van der Waals surface area contributed by atoms with Crippen LogP contribution in [0.2, 0.25) is 0 Å². The largest absolute Gasteiger partial charge is 0.494 e. The number of anilines is 1. The number of carbonyl (C=O) groups is 1. The third-order valence-corrected chi connectivity index (χ3v) is 5.51. The molecule has 1 N–H and O–H groups in total. The van der Waals surface area contributed by atoms with Crippen LogP contribution in [0, 0.1) is 0 Å². The molecule has 0 unspecified atom stereocenters. The molecule has 1 atom stereocenters.